The molecule has 18 nitrogen and oxygen atoms in total. The molecule has 0 amide bonds. The van der Waals surface area contributed by atoms with Gasteiger partial charge in [0.1, 0.15) is 17.9 Å². The summed E-state index contributed by atoms with van der Waals surface area (Å²) < 4.78 is 49.7. The first-order chi connectivity index (χ1) is 14.3. The van der Waals surface area contributed by atoms with Crippen LogP contribution < -0.4 is 109 Å². The number of hydrogen-bond donors (Lipinski definition) is 2. The first-order valence-corrected chi connectivity index (χ1v) is 11.9. The van der Waals surface area contributed by atoms with Crippen LogP contribution in [-0.4, -0.2) is 49.7 Å². The van der Waals surface area contributed by atoms with Crippen molar-refractivity contribution in [2.45, 2.75) is 12.3 Å². The summed E-state index contributed by atoms with van der Waals surface area (Å²) in [6.07, 6.45) is -1.05. The number of rotatable bonds is 12. The van der Waals surface area contributed by atoms with Crippen LogP contribution in [0.4, 0.5) is 5.82 Å². The molecule has 0 fully saturated rings. The van der Waals surface area contributed by atoms with E-state index in [1.54, 1.807) is 0 Å². The number of phosphoric ester groups is 1. The molecule has 2 heterocycles. The maximum atomic E-state index is 11.5. The fraction of sp³-hybridized carbons (Fsp3) is 0.300. The molecule has 0 bridgehead atoms. The number of hydrogen-bond acceptors (Lipinski definition) is 16. The van der Waals surface area contributed by atoms with Crippen LogP contribution in [0, 0.1) is 0 Å². The summed E-state index contributed by atoms with van der Waals surface area (Å²) in [6, 6.07) is 0. The van der Waals surface area contributed by atoms with E-state index >= 15 is 0 Å². The number of aldehydes is 2. The van der Waals surface area contributed by atoms with E-state index in [4.69, 9.17) is 15.4 Å². The molecular weight excluding hydrogens is 560 g/mol. The standard InChI is InChI=1S/C10H14N5O13P3.3Na/c11-9-8-10(13-4-12-9)15(5-14-8)7(2-17)26-6(1-16)3-25-30(21,22)28-31(23,24)27-29(18,19)20;;;/h1-2,4-7H,3H2,(H,21,22)(H,23,24)(H2,11,12,13)(H2,18,19,20);;;/q;3*+1/p-3. The van der Waals surface area contributed by atoms with Crippen molar-refractivity contribution in [3.05, 3.63) is 12.7 Å². The van der Waals surface area contributed by atoms with Crippen molar-refractivity contribution in [2.24, 2.45) is 0 Å². The summed E-state index contributed by atoms with van der Waals surface area (Å²) in [4.78, 5) is 75.2. The average molecular weight is 571 g/mol. The molecule has 2 aromatic heterocycles. The maximum Gasteiger partial charge on any atom is 1.00 e. The number of ether oxygens (including phenoxy) is 1. The molecule has 3 N–H and O–H groups in total. The monoisotopic (exact) mass is 571 g/mol. The predicted octanol–water partition coefficient (Wildman–Crippen LogP) is -11.9. The minimum Gasteiger partial charge on any atom is -0.756 e. The van der Waals surface area contributed by atoms with E-state index in [2.05, 4.69) is 28.1 Å². The third-order valence-electron chi connectivity index (χ3n) is 3.04. The molecule has 0 aliphatic rings. The number of nitrogens with two attached hydrogens (primary N) is 1. The molecule has 2 rings (SSSR count). The molecule has 0 aliphatic carbocycles. The first-order valence-electron chi connectivity index (χ1n) is 7.49. The molecule has 0 spiro atoms. The molecule has 24 heteroatoms. The van der Waals surface area contributed by atoms with Gasteiger partial charge in [0.15, 0.2) is 30.3 Å². The Kier molecular flexibility index (Phi) is 16.9. The minimum atomic E-state index is -6.11. The third kappa shape index (κ3) is 11.6. The number of carbonyl (C=O) groups excluding carboxylic acids is 2. The molecule has 0 aliphatic heterocycles. The molecule has 0 aromatic carbocycles. The Hall–Kier alpha value is 1.06. The van der Waals surface area contributed by atoms with Crippen LogP contribution in [-0.2, 0) is 41.2 Å². The van der Waals surface area contributed by atoms with Gasteiger partial charge in [0, 0.05) is 0 Å². The second-order valence-electron chi connectivity index (χ2n) is 5.24. The van der Waals surface area contributed by atoms with Gasteiger partial charge in [-0.2, -0.15) is 0 Å². The van der Waals surface area contributed by atoms with E-state index in [1.165, 1.54) is 0 Å². The van der Waals surface area contributed by atoms with Gasteiger partial charge in [0.25, 0.3) is 23.5 Å². The topological polar surface area (TPSA) is 281 Å². The van der Waals surface area contributed by atoms with Crippen molar-refractivity contribution in [2.75, 3.05) is 12.3 Å². The van der Waals surface area contributed by atoms with Gasteiger partial charge in [-0.1, -0.05) is 0 Å². The quantitative estimate of drug-likeness (QED) is 0.136. The van der Waals surface area contributed by atoms with Crippen LogP contribution in [0.1, 0.15) is 6.23 Å². The number of nitrogen functional groups attached to an aromatic ring is 1. The van der Waals surface area contributed by atoms with Gasteiger partial charge in [-0.3, -0.25) is 23.1 Å². The Morgan fingerprint density at radius 1 is 1.03 bits per heavy atom. The van der Waals surface area contributed by atoms with Crippen LogP contribution in [0.3, 0.4) is 0 Å². The SMILES string of the molecule is Nc1ncnc2c1ncn2C(C=O)OC(C=O)COP(=O)([O-])OP(=O)([O-])OP(=O)([O-])O.[Na+].[Na+].[Na+]. The maximum absolute atomic E-state index is 11.5. The Labute approximate surface area is 256 Å². The minimum absolute atomic E-state index is 0. The van der Waals surface area contributed by atoms with E-state index in [9.17, 15) is 38.0 Å². The summed E-state index contributed by atoms with van der Waals surface area (Å²) in [5, 5.41) is 0. The zero-order chi connectivity index (χ0) is 23.4. The molecular formula is C10H11N5Na3O13P3. The molecule has 5 atom stereocenters. The number of fused-ring (bicyclic) bond motifs is 1. The third-order valence-corrected chi connectivity index (χ3v) is 6.73. The predicted molar refractivity (Wildman–Crippen MR) is 88.9 cm³/mol. The van der Waals surface area contributed by atoms with Crippen molar-refractivity contribution in [3.63, 3.8) is 0 Å². The fourth-order valence-corrected chi connectivity index (χ4v) is 4.86. The van der Waals surface area contributed by atoms with Gasteiger partial charge < -0.3 is 39.4 Å². The normalized spacial score (nSPS) is 17.9. The van der Waals surface area contributed by atoms with Gasteiger partial charge >= 0.3 is 88.7 Å². The van der Waals surface area contributed by atoms with Gasteiger partial charge in [-0.15, -0.1) is 0 Å². The smallest absolute Gasteiger partial charge is 0.756 e. The van der Waals surface area contributed by atoms with Crippen molar-refractivity contribution in [1.82, 2.24) is 19.5 Å². The van der Waals surface area contributed by atoms with E-state index in [-0.39, 0.29) is 118 Å². The molecule has 0 radical (unpaired) electrons. The number of carbonyl (C=O) groups is 2. The molecule has 0 saturated carbocycles. The molecule has 5 unspecified atom stereocenters. The molecule has 2 aromatic rings. The van der Waals surface area contributed by atoms with E-state index in [1.807, 2.05) is 0 Å². The summed E-state index contributed by atoms with van der Waals surface area (Å²) in [5.74, 6) is -0.0251. The number of phosphoric acid groups is 3. The van der Waals surface area contributed by atoms with Crippen LogP contribution in [0.15, 0.2) is 12.7 Å². The summed E-state index contributed by atoms with van der Waals surface area (Å²) in [6.45, 7) is -1.20. The largest absolute Gasteiger partial charge is 1.00 e. The van der Waals surface area contributed by atoms with Crippen molar-refractivity contribution in [3.8, 4) is 0 Å². The van der Waals surface area contributed by atoms with Crippen LogP contribution in [0.25, 0.3) is 11.2 Å². The number of imidazole rings is 1. The van der Waals surface area contributed by atoms with Crippen LogP contribution >= 0.6 is 23.5 Å². The second-order valence-corrected chi connectivity index (χ2v) is 9.53. The molecule has 172 valence electrons. The van der Waals surface area contributed by atoms with E-state index in [0.717, 1.165) is 17.2 Å². The molecule has 0 saturated heterocycles. The fourth-order valence-electron chi connectivity index (χ4n) is 1.96. The van der Waals surface area contributed by atoms with E-state index in [0.29, 0.717) is 0 Å². The van der Waals surface area contributed by atoms with Gasteiger partial charge in [0.05, 0.1) is 12.9 Å². The van der Waals surface area contributed by atoms with Gasteiger partial charge in [-0.25, -0.2) is 23.6 Å². The van der Waals surface area contributed by atoms with Crippen molar-refractivity contribution in [1.29, 1.82) is 0 Å². The number of aromatic nitrogens is 4. The Balaban J connectivity index is 0. The van der Waals surface area contributed by atoms with Gasteiger partial charge in [-0.05, 0) is 0 Å². The zero-order valence-corrected chi connectivity index (χ0v) is 26.4. The average Bonchev–Trinajstić information content (AvgIpc) is 3.04. The molecule has 34 heavy (non-hydrogen) atoms. The number of nitrogens with zero attached hydrogens (tertiary/aromatic N) is 4. The van der Waals surface area contributed by atoms with Crippen molar-refractivity contribution < 1.29 is 149 Å². The van der Waals surface area contributed by atoms with Crippen LogP contribution in [0.2, 0.25) is 0 Å². The Morgan fingerprint density at radius 2 is 1.65 bits per heavy atom. The first kappa shape index (κ1) is 37.2. The van der Waals surface area contributed by atoms with Gasteiger partial charge in [0.2, 0.25) is 0 Å². The Bertz CT molecular complexity index is 1120. The Morgan fingerprint density at radius 3 is 2.18 bits per heavy atom. The summed E-state index contributed by atoms with van der Waals surface area (Å²) in [7, 11) is -17.8. The van der Waals surface area contributed by atoms with E-state index < -0.39 is 42.4 Å². The summed E-state index contributed by atoms with van der Waals surface area (Å²) >= 11 is 0. The van der Waals surface area contributed by atoms with Crippen molar-refractivity contribution >= 4 is 53.0 Å². The number of anilines is 1. The summed E-state index contributed by atoms with van der Waals surface area (Å²) in [5.41, 5.74) is 5.73. The van der Waals surface area contributed by atoms with Crippen LogP contribution in [0.5, 0.6) is 0 Å². The zero-order valence-electron chi connectivity index (χ0n) is 17.7. The second kappa shape index (κ2) is 15.5.